The van der Waals surface area contributed by atoms with Crippen LogP contribution in [0.25, 0.3) is 0 Å². The van der Waals surface area contributed by atoms with Gasteiger partial charge in [-0.05, 0) is 29.5 Å². The highest BCUT2D eigenvalue weighted by Gasteiger charge is 2.26. The molecular weight excluding hydrogens is 228 g/mol. The van der Waals surface area contributed by atoms with Crippen LogP contribution in [0.5, 0.6) is 0 Å². The molecule has 2 unspecified atom stereocenters. The fraction of sp³-hybridized carbons (Fsp3) is 0.600. The summed E-state index contributed by atoms with van der Waals surface area (Å²) < 4.78 is 11.0. The minimum absolute atomic E-state index is 0.240. The lowest BCUT2D eigenvalue weighted by Gasteiger charge is -2.28. The van der Waals surface area contributed by atoms with Gasteiger partial charge in [0.05, 0.1) is 19.8 Å². The molecule has 1 fully saturated rings. The molecule has 1 aromatic rings. The maximum Gasteiger partial charge on any atom is 0.111 e. The average Bonchev–Trinajstić information content (AvgIpc) is 2.46. The van der Waals surface area contributed by atoms with Gasteiger partial charge >= 0.3 is 0 Å². The highest BCUT2D eigenvalue weighted by molar-refractivity contribution is 5.34. The van der Waals surface area contributed by atoms with Crippen LogP contribution in [-0.4, -0.2) is 31.0 Å². The van der Waals surface area contributed by atoms with Crippen molar-refractivity contribution in [3.05, 3.63) is 34.9 Å². The van der Waals surface area contributed by atoms with Crippen LogP contribution in [0, 0.1) is 0 Å². The lowest BCUT2D eigenvalue weighted by atomic mass is 9.94. The fourth-order valence-electron chi connectivity index (χ4n) is 2.35. The highest BCUT2D eigenvalue weighted by atomic mass is 16.6. The van der Waals surface area contributed by atoms with Crippen LogP contribution in [0.2, 0.25) is 0 Å². The topological polar surface area (TPSA) is 38.7 Å². The Labute approximate surface area is 109 Å². The minimum atomic E-state index is -0.591. The monoisotopic (exact) mass is 250 g/mol. The van der Waals surface area contributed by atoms with Crippen molar-refractivity contribution in [1.29, 1.82) is 0 Å². The predicted octanol–water partition coefficient (Wildman–Crippen LogP) is 2.26. The van der Waals surface area contributed by atoms with Crippen molar-refractivity contribution in [3.8, 4) is 0 Å². The molecule has 1 N–H and O–H groups in total. The Bertz CT molecular complexity index is 383. The van der Waals surface area contributed by atoms with Crippen molar-refractivity contribution in [2.24, 2.45) is 0 Å². The fourth-order valence-corrected chi connectivity index (χ4v) is 2.35. The second-order valence-corrected chi connectivity index (χ2v) is 4.67. The van der Waals surface area contributed by atoms with E-state index in [2.05, 4.69) is 32.0 Å². The highest BCUT2D eigenvalue weighted by Crippen LogP contribution is 2.26. The van der Waals surface area contributed by atoms with E-state index in [9.17, 15) is 5.11 Å². The van der Waals surface area contributed by atoms with Gasteiger partial charge in [-0.3, -0.25) is 0 Å². The second-order valence-electron chi connectivity index (χ2n) is 4.67. The molecule has 0 amide bonds. The third-order valence-electron chi connectivity index (χ3n) is 3.51. The van der Waals surface area contributed by atoms with E-state index in [1.165, 1.54) is 11.1 Å². The van der Waals surface area contributed by atoms with Gasteiger partial charge in [0.25, 0.3) is 0 Å². The smallest absolute Gasteiger partial charge is 0.111 e. The molecule has 3 heteroatoms. The van der Waals surface area contributed by atoms with Crippen LogP contribution < -0.4 is 0 Å². The van der Waals surface area contributed by atoms with Crippen LogP contribution in [0.1, 0.15) is 36.6 Å². The number of aryl methyl sites for hydroxylation is 2. The van der Waals surface area contributed by atoms with Gasteiger partial charge in [-0.1, -0.05) is 32.0 Å². The molecular formula is C15H22O3. The Kier molecular flexibility index (Phi) is 4.75. The van der Waals surface area contributed by atoms with Gasteiger partial charge in [0, 0.05) is 0 Å². The number of aliphatic hydroxyl groups is 1. The lowest BCUT2D eigenvalue weighted by Crippen LogP contribution is -2.34. The van der Waals surface area contributed by atoms with E-state index in [0.717, 1.165) is 18.4 Å². The zero-order chi connectivity index (χ0) is 13.0. The number of aliphatic hydroxyl groups excluding tert-OH is 1. The summed E-state index contributed by atoms with van der Waals surface area (Å²) in [5.41, 5.74) is 3.43. The second kappa shape index (κ2) is 6.32. The number of benzene rings is 1. The molecule has 0 radical (unpaired) electrons. The van der Waals surface area contributed by atoms with Gasteiger partial charge in [-0.2, -0.15) is 0 Å². The van der Waals surface area contributed by atoms with Crippen LogP contribution in [0.15, 0.2) is 18.2 Å². The standard InChI is InChI=1S/C15H22O3/c1-3-11-5-6-12(4-2)13(9-11)15(16)14-10-17-7-8-18-14/h5-6,9,14-16H,3-4,7-8,10H2,1-2H3. The van der Waals surface area contributed by atoms with Gasteiger partial charge in [-0.15, -0.1) is 0 Å². The van der Waals surface area contributed by atoms with E-state index in [-0.39, 0.29) is 6.10 Å². The van der Waals surface area contributed by atoms with Gasteiger partial charge < -0.3 is 14.6 Å². The zero-order valence-corrected chi connectivity index (χ0v) is 11.2. The molecule has 1 aliphatic rings. The van der Waals surface area contributed by atoms with Gasteiger partial charge in [-0.25, -0.2) is 0 Å². The molecule has 2 rings (SSSR count). The third-order valence-corrected chi connectivity index (χ3v) is 3.51. The largest absolute Gasteiger partial charge is 0.386 e. The minimum Gasteiger partial charge on any atom is -0.386 e. The molecule has 0 aliphatic carbocycles. The Morgan fingerprint density at radius 2 is 2.11 bits per heavy atom. The Morgan fingerprint density at radius 1 is 1.28 bits per heavy atom. The van der Waals surface area contributed by atoms with Crippen molar-refractivity contribution in [3.63, 3.8) is 0 Å². The summed E-state index contributed by atoms with van der Waals surface area (Å²) in [4.78, 5) is 0. The molecule has 0 spiro atoms. The van der Waals surface area contributed by atoms with Crippen molar-refractivity contribution in [2.75, 3.05) is 19.8 Å². The van der Waals surface area contributed by atoms with Crippen LogP contribution in [0.3, 0.4) is 0 Å². The summed E-state index contributed by atoms with van der Waals surface area (Å²) >= 11 is 0. The first-order chi connectivity index (χ1) is 8.76. The van der Waals surface area contributed by atoms with Crippen LogP contribution >= 0.6 is 0 Å². The number of rotatable bonds is 4. The molecule has 100 valence electrons. The molecule has 1 aromatic carbocycles. The molecule has 3 nitrogen and oxygen atoms in total. The summed E-state index contributed by atoms with van der Waals surface area (Å²) in [6, 6.07) is 6.34. The van der Waals surface area contributed by atoms with Crippen molar-refractivity contribution in [2.45, 2.75) is 38.9 Å². The molecule has 1 saturated heterocycles. The number of hydrogen-bond donors (Lipinski definition) is 1. The summed E-state index contributed by atoms with van der Waals surface area (Å²) in [5, 5.41) is 10.5. The number of hydrogen-bond acceptors (Lipinski definition) is 3. The van der Waals surface area contributed by atoms with Crippen LogP contribution in [-0.2, 0) is 22.3 Å². The molecule has 1 aliphatic heterocycles. The summed E-state index contributed by atoms with van der Waals surface area (Å²) in [7, 11) is 0. The van der Waals surface area contributed by atoms with Gasteiger partial charge in [0.15, 0.2) is 0 Å². The summed E-state index contributed by atoms with van der Waals surface area (Å²) in [5.74, 6) is 0. The summed E-state index contributed by atoms with van der Waals surface area (Å²) in [6.07, 6.45) is 1.07. The third kappa shape index (κ3) is 2.91. The van der Waals surface area contributed by atoms with Gasteiger partial charge in [0.1, 0.15) is 12.2 Å². The lowest BCUT2D eigenvalue weighted by molar-refractivity contribution is -0.133. The van der Waals surface area contributed by atoms with Crippen LogP contribution in [0.4, 0.5) is 0 Å². The Balaban J connectivity index is 2.23. The molecule has 2 atom stereocenters. The summed E-state index contributed by atoms with van der Waals surface area (Å²) in [6.45, 7) is 5.89. The van der Waals surface area contributed by atoms with Crippen molar-refractivity contribution >= 4 is 0 Å². The van der Waals surface area contributed by atoms with E-state index < -0.39 is 6.10 Å². The van der Waals surface area contributed by atoms with Gasteiger partial charge in [0.2, 0.25) is 0 Å². The zero-order valence-electron chi connectivity index (χ0n) is 11.2. The first kappa shape index (κ1) is 13.5. The first-order valence-corrected chi connectivity index (χ1v) is 6.75. The van der Waals surface area contributed by atoms with Crippen molar-refractivity contribution in [1.82, 2.24) is 0 Å². The maximum absolute atomic E-state index is 10.5. The van der Waals surface area contributed by atoms with Crippen molar-refractivity contribution < 1.29 is 14.6 Å². The quantitative estimate of drug-likeness (QED) is 0.891. The van der Waals surface area contributed by atoms with E-state index >= 15 is 0 Å². The molecule has 0 bridgehead atoms. The van der Waals surface area contributed by atoms with E-state index in [1.807, 2.05) is 0 Å². The van der Waals surface area contributed by atoms with E-state index in [1.54, 1.807) is 0 Å². The molecule has 1 heterocycles. The molecule has 0 aromatic heterocycles. The Hall–Kier alpha value is -0.900. The number of ether oxygens (including phenoxy) is 2. The maximum atomic E-state index is 10.5. The average molecular weight is 250 g/mol. The first-order valence-electron chi connectivity index (χ1n) is 6.75. The molecule has 0 saturated carbocycles. The van der Waals surface area contributed by atoms with E-state index in [0.29, 0.717) is 19.8 Å². The SMILES string of the molecule is CCc1ccc(CC)c(C(O)C2COCCO2)c1. The van der Waals surface area contributed by atoms with E-state index in [4.69, 9.17) is 9.47 Å². The Morgan fingerprint density at radius 3 is 2.72 bits per heavy atom. The normalized spacial score (nSPS) is 21.8. The molecule has 18 heavy (non-hydrogen) atoms. The predicted molar refractivity (Wildman–Crippen MR) is 70.7 cm³/mol.